The average Bonchev–Trinajstić information content (AvgIpc) is 2.35. The fraction of sp³-hybridized carbons (Fsp3) is 0.250. The number of para-hydroxylation sites is 1. The summed E-state index contributed by atoms with van der Waals surface area (Å²) in [5.41, 5.74) is 2.25. The standard InChI is InChI=1S/C16H16ClNO2/c1-16(2,3)13-9-10(7-8-14(19)20)11-5-4-6-12(17)15(11)18-13/h4-9H,1-3H3,(H,19,20)/b8-7+. The number of nitrogens with zero attached hydrogens (tertiary/aromatic N) is 1. The number of benzene rings is 1. The van der Waals surface area contributed by atoms with Crippen LogP contribution in [0.15, 0.2) is 30.3 Å². The molecule has 1 aromatic carbocycles. The molecule has 0 atom stereocenters. The van der Waals surface area contributed by atoms with Crippen molar-refractivity contribution in [1.82, 2.24) is 4.98 Å². The fourth-order valence-corrected chi connectivity index (χ4v) is 2.14. The topological polar surface area (TPSA) is 50.2 Å². The predicted molar refractivity (Wildman–Crippen MR) is 82.1 cm³/mol. The Morgan fingerprint density at radius 2 is 2.05 bits per heavy atom. The Bertz CT molecular complexity index is 699. The van der Waals surface area contributed by atoms with Crippen molar-refractivity contribution in [2.24, 2.45) is 0 Å². The second-order valence-electron chi connectivity index (χ2n) is 5.65. The third-order valence-electron chi connectivity index (χ3n) is 3.00. The highest BCUT2D eigenvalue weighted by Gasteiger charge is 2.18. The van der Waals surface area contributed by atoms with Crippen molar-refractivity contribution in [3.05, 3.63) is 46.6 Å². The molecule has 1 N–H and O–H groups in total. The molecule has 1 aromatic heterocycles. The average molecular weight is 290 g/mol. The van der Waals surface area contributed by atoms with Crippen LogP contribution in [-0.4, -0.2) is 16.1 Å². The lowest BCUT2D eigenvalue weighted by Gasteiger charge is -2.19. The van der Waals surface area contributed by atoms with Gasteiger partial charge in [-0.05, 0) is 23.8 Å². The van der Waals surface area contributed by atoms with E-state index in [0.29, 0.717) is 10.5 Å². The van der Waals surface area contributed by atoms with E-state index in [9.17, 15) is 4.79 Å². The Morgan fingerprint density at radius 1 is 1.35 bits per heavy atom. The van der Waals surface area contributed by atoms with Crippen LogP contribution in [0, 0.1) is 0 Å². The molecule has 0 unspecified atom stereocenters. The molecule has 2 rings (SSSR count). The van der Waals surface area contributed by atoms with E-state index >= 15 is 0 Å². The van der Waals surface area contributed by atoms with Gasteiger partial charge in [0, 0.05) is 22.6 Å². The van der Waals surface area contributed by atoms with Crippen LogP contribution < -0.4 is 0 Å². The Morgan fingerprint density at radius 3 is 2.65 bits per heavy atom. The quantitative estimate of drug-likeness (QED) is 0.839. The number of rotatable bonds is 2. The molecule has 0 saturated carbocycles. The van der Waals surface area contributed by atoms with E-state index in [1.165, 1.54) is 0 Å². The molecule has 0 amide bonds. The molecule has 2 aromatic rings. The summed E-state index contributed by atoms with van der Waals surface area (Å²) in [4.78, 5) is 15.3. The Balaban J connectivity index is 2.76. The molecule has 0 aliphatic heterocycles. The van der Waals surface area contributed by atoms with Crippen LogP contribution in [0.2, 0.25) is 5.02 Å². The van der Waals surface area contributed by atoms with E-state index in [0.717, 1.165) is 22.7 Å². The summed E-state index contributed by atoms with van der Waals surface area (Å²) in [7, 11) is 0. The smallest absolute Gasteiger partial charge is 0.328 e. The maximum Gasteiger partial charge on any atom is 0.328 e. The van der Waals surface area contributed by atoms with Crippen molar-refractivity contribution in [2.45, 2.75) is 26.2 Å². The first-order chi connectivity index (χ1) is 9.29. The fourth-order valence-electron chi connectivity index (χ4n) is 1.92. The molecule has 0 aliphatic carbocycles. The summed E-state index contributed by atoms with van der Waals surface area (Å²) < 4.78 is 0. The monoisotopic (exact) mass is 289 g/mol. The third kappa shape index (κ3) is 2.99. The SMILES string of the molecule is CC(C)(C)c1cc(/C=C/C(=O)O)c2cccc(Cl)c2n1. The van der Waals surface area contributed by atoms with Crippen LogP contribution in [0.1, 0.15) is 32.0 Å². The van der Waals surface area contributed by atoms with Crippen molar-refractivity contribution in [2.75, 3.05) is 0 Å². The minimum atomic E-state index is -0.978. The highest BCUT2D eigenvalue weighted by Crippen LogP contribution is 2.30. The molecule has 1 heterocycles. The minimum absolute atomic E-state index is 0.140. The van der Waals surface area contributed by atoms with Crippen LogP contribution in [0.25, 0.3) is 17.0 Å². The number of fused-ring (bicyclic) bond motifs is 1. The number of pyridine rings is 1. The lowest BCUT2D eigenvalue weighted by atomic mass is 9.89. The van der Waals surface area contributed by atoms with Gasteiger partial charge in [0.25, 0.3) is 0 Å². The van der Waals surface area contributed by atoms with Crippen LogP contribution >= 0.6 is 11.6 Å². The highest BCUT2D eigenvalue weighted by molar-refractivity contribution is 6.35. The lowest BCUT2D eigenvalue weighted by Crippen LogP contribution is -2.14. The number of aliphatic carboxylic acids is 1. The molecule has 4 heteroatoms. The van der Waals surface area contributed by atoms with E-state index < -0.39 is 5.97 Å². The first-order valence-electron chi connectivity index (χ1n) is 6.30. The zero-order valence-corrected chi connectivity index (χ0v) is 12.4. The Labute approximate surface area is 122 Å². The Kier molecular flexibility index (Phi) is 3.82. The summed E-state index contributed by atoms with van der Waals surface area (Å²) in [5.74, 6) is -0.978. The maximum atomic E-state index is 10.7. The van der Waals surface area contributed by atoms with Gasteiger partial charge in [-0.1, -0.05) is 44.5 Å². The van der Waals surface area contributed by atoms with E-state index in [1.54, 1.807) is 12.1 Å². The van der Waals surface area contributed by atoms with Gasteiger partial charge in [-0.2, -0.15) is 0 Å². The molecule has 0 fully saturated rings. The van der Waals surface area contributed by atoms with Gasteiger partial charge < -0.3 is 5.11 Å². The van der Waals surface area contributed by atoms with Crippen molar-refractivity contribution < 1.29 is 9.90 Å². The van der Waals surface area contributed by atoms with Gasteiger partial charge in [0.2, 0.25) is 0 Å². The second kappa shape index (κ2) is 5.25. The molecule has 3 nitrogen and oxygen atoms in total. The number of carbonyl (C=O) groups is 1. The molecule has 0 bridgehead atoms. The summed E-state index contributed by atoms with van der Waals surface area (Å²) >= 11 is 6.21. The molecule has 0 radical (unpaired) electrons. The highest BCUT2D eigenvalue weighted by atomic mass is 35.5. The van der Waals surface area contributed by atoms with E-state index in [-0.39, 0.29) is 5.41 Å². The first kappa shape index (κ1) is 14.5. The molecule has 20 heavy (non-hydrogen) atoms. The van der Waals surface area contributed by atoms with Gasteiger partial charge in [0.1, 0.15) is 0 Å². The van der Waals surface area contributed by atoms with Crippen LogP contribution in [-0.2, 0) is 10.2 Å². The van der Waals surface area contributed by atoms with Crippen LogP contribution in [0.3, 0.4) is 0 Å². The van der Waals surface area contributed by atoms with Crippen LogP contribution in [0.4, 0.5) is 0 Å². The summed E-state index contributed by atoms with van der Waals surface area (Å²) in [5, 5.41) is 10.2. The zero-order valence-electron chi connectivity index (χ0n) is 11.6. The van der Waals surface area contributed by atoms with E-state index in [1.807, 2.05) is 18.2 Å². The zero-order chi connectivity index (χ0) is 14.9. The van der Waals surface area contributed by atoms with Crippen molar-refractivity contribution in [3.8, 4) is 0 Å². The van der Waals surface area contributed by atoms with Crippen molar-refractivity contribution in [3.63, 3.8) is 0 Å². The van der Waals surface area contributed by atoms with E-state index in [4.69, 9.17) is 16.7 Å². The molecule has 0 spiro atoms. The molecule has 0 saturated heterocycles. The Hall–Kier alpha value is -1.87. The predicted octanol–water partition coefficient (Wildman–Crippen LogP) is 4.28. The second-order valence-corrected chi connectivity index (χ2v) is 6.06. The molecular formula is C16H16ClNO2. The van der Waals surface area contributed by atoms with Crippen molar-refractivity contribution in [1.29, 1.82) is 0 Å². The number of carboxylic acid groups (broad SMARTS) is 1. The van der Waals surface area contributed by atoms with E-state index in [2.05, 4.69) is 25.8 Å². The van der Waals surface area contributed by atoms with Gasteiger partial charge in [-0.3, -0.25) is 4.98 Å². The number of hydrogen-bond donors (Lipinski definition) is 1. The summed E-state index contributed by atoms with van der Waals surface area (Å²) in [6, 6.07) is 7.43. The third-order valence-corrected chi connectivity index (χ3v) is 3.30. The molecule has 104 valence electrons. The number of hydrogen-bond acceptors (Lipinski definition) is 2. The number of halogens is 1. The normalized spacial score (nSPS) is 12.2. The number of carboxylic acids is 1. The molecule has 0 aliphatic rings. The van der Waals surface area contributed by atoms with Gasteiger partial charge >= 0.3 is 5.97 Å². The van der Waals surface area contributed by atoms with Gasteiger partial charge in [-0.25, -0.2) is 4.79 Å². The van der Waals surface area contributed by atoms with Gasteiger partial charge in [-0.15, -0.1) is 0 Å². The lowest BCUT2D eigenvalue weighted by molar-refractivity contribution is -0.131. The number of aromatic nitrogens is 1. The van der Waals surface area contributed by atoms with Crippen LogP contribution in [0.5, 0.6) is 0 Å². The minimum Gasteiger partial charge on any atom is -0.478 e. The largest absolute Gasteiger partial charge is 0.478 e. The first-order valence-corrected chi connectivity index (χ1v) is 6.67. The van der Waals surface area contributed by atoms with Gasteiger partial charge in [0.15, 0.2) is 0 Å². The summed E-state index contributed by atoms with van der Waals surface area (Å²) in [6.45, 7) is 6.17. The van der Waals surface area contributed by atoms with Gasteiger partial charge in [0.05, 0.1) is 10.5 Å². The maximum absolute atomic E-state index is 10.7. The molecular weight excluding hydrogens is 274 g/mol. The summed E-state index contributed by atoms with van der Waals surface area (Å²) in [6.07, 6.45) is 2.71. The van der Waals surface area contributed by atoms with Crippen molar-refractivity contribution >= 4 is 34.5 Å².